The van der Waals surface area contributed by atoms with Crippen LogP contribution in [-0.4, -0.2) is 18.0 Å². The maximum Gasteiger partial charge on any atom is 0.0319 e. The van der Waals surface area contributed by atoms with Crippen LogP contribution >= 0.6 is 0 Å². The highest BCUT2D eigenvalue weighted by Crippen LogP contribution is 2.19. The molecule has 0 heterocycles. The highest BCUT2D eigenvalue weighted by atomic mass is 15.1. The van der Waals surface area contributed by atoms with Gasteiger partial charge in [0.15, 0.2) is 0 Å². The summed E-state index contributed by atoms with van der Waals surface area (Å²) in [5.41, 5.74) is 2.75. The van der Waals surface area contributed by atoms with Crippen molar-refractivity contribution in [3.8, 4) is 0 Å². The summed E-state index contributed by atoms with van der Waals surface area (Å²) in [6.45, 7) is 11.1. The molecule has 14 heavy (non-hydrogen) atoms. The minimum atomic E-state index is 0.533. The first-order valence-corrected chi connectivity index (χ1v) is 5.49. The van der Waals surface area contributed by atoms with Crippen molar-refractivity contribution in [1.82, 2.24) is 4.90 Å². The monoisotopic (exact) mass is 191 g/mol. The van der Waals surface area contributed by atoms with Gasteiger partial charge in [-0.2, -0.15) is 0 Å². The topological polar surface area (TPSA) is 3.24 Å². The third-order valence-corrected chi connectivity index (χ3v) is 2.92. The Labute approximate surface area is 87.7 Å². The Bertz CT molecular complexity index is 259. The van der Waals surface area contributed by atoms with Crippen LogP contribution < -0.4 is 0 Å². The van der Waals surface area contributed by atoms with Gasteiger partial charge < -0.3 is 0 Å². The van der Waals surface area contributed by atoms with E-state index in [-0.39, 0.29) is 0 Å². The highest BCUT2D eigenvalue weighted by molar-refractivity contribution is 5.23. The minimum Gasteiger partial charge on any atom is -0.297 e. The van der Waals surface area contributed by atoms with E-state index in [1.54, 1.807) is 0 Å². The minimum absolute atomic E-state index is 0.533. The SMILES string of the molecule is CCN(CC)[C@@H](C)c1ccc(C)cc1. The van der Waals surface area contributed by atoms with Crippen LogP contribution in [0, 0.1) is 6.92 Å². The third-order valence-electron chi connectivity index (χ3n) is 2.92. The molecule has 0 unspecified atom stereocenters. The van der Waals surface area contributed by atoms with Crippen LogP contribution in [0.15, 0.2) is 24.3 Å². The Balaban J connectivity index is 2.77. The fourth-order valence-electron chi connectivity index (χ4n) is 1.83. The van der Waals surface area contributed by atoms with Gasteiger partial charge in [-0.15, -0.1) is 0 Å². The molecule has 1 aromatic carbocycles. The molecular weight excluding hydrogens is 170 g/mol. The molecule has 1 heteroatoms. The molecular formula is C13H21N. The first-order valence-electron chi connectivity index (χ1n) is 5.49. The maximum atomic E-state index is 2.46. The van der Waals surface area contributed by atoms with E-state index >= 15 is 0 Å². The molecule has 0 spiro atoms. The van der Waals surface area contributed by atoms with E-state index < -0.39 is 0 Å². The van der Waals surface area contributed by atoms with Gasteiger partial charge in [-0.1, -0.05) is 43.7 Å². The summed E-state index contributed by atoms with van der Waals surface area (Å²) >= 11 is 0. The molecule has 0 aromatic heterocycles. The Morgan fingerprint density at radius 3 is 2.00 bits per heavy atom. The van der Waals surface area contributed by atoms with Crippen molar-refractivity contribution in [2.45, 2.75) is 33.7 Å². The van der Waals surface area contributed by atoms with Crippen molar-refractivity contribution in [3.05, 3.63) is 35.4 Å². The van der Waals surface area contributed by atoms with Crippen molar-refractivity contribution >= 4 is 0 Å². The second-order valence-corrected chi connectivity index (χ2v) is 3.81. The van der Waals surface area contributed by atoms with Gasteiger partial charge in [0.05, 0.1) is 0 Å². The van der Waals surface area contributed by atoms with Gasteiger partial charge in [0.25, 0.3) is 0 Å². The lowest BCUT2D eigenvalue weighted by Crippen LogP contribution is -2.26. The highest BCUT2D eigenvalue weighted by Gasteiger charge is 2.11. The zero-order valence-corrected chi connectivity index (χ0v) is 9.75. The van der Waals surface area contributed by atoms with Gasteiger partial charge in [0, 0.05) is 6.04 Å². The smallest absolute Gasteiger partial charge is 0.0319 e. The van der Waals surface area contributed by atoms with Crippen molar-refractivity contribution in [2.24, 2.45) is 0 Å². The summed E-state index contributed by atoms with van der Waals surface area (Å²) < 4.78 is 0. The quantitative estimate of drug-likeness (QED) is 0.705. The molecule has 0 aliphatic carbocycles. The molecule has 0 N–H and O–H groups in total. The summed E-state index contributed by atoms with van der Waals surface area (Å²) in [6, 6.07) is 9.38. The molecule has 0 aliphatic heterocycles. The number of benzene rings is 1. The lowest BCUT2D eigenvalue weighted by Gasteiger charge is -2.26. The van der Waals surface area contributed by atoms with Gasteiger partial charge in [0.1, 0.15) is 0 Å². The normalized spacial score (nSPS) is 13.2. The number of hydrogen-bond donors (Lipinski definition) is 0. The van der Waals surface area contributed by atoms with Crippen molar-refractivity contribution < 1.29 is 0 Å². The average molecular weight is 191 g/mol. The van der Waals surface area contributed by atoms with Crippen LogP contribution in [0.3, 0.4) is 0 Å². The van der Waals surface area contributed by atoms with E-state index in [2.05, 4.69) is 56.9 Å². The summed E-state index contributed by atoms with van der Waals surface area (Å²) in [6.07, 6.45) is 0. The summed E-state index contributed by atoms with van der Waals surface area (Å²) in [5, 5.41) is 0. The zero-order chi connectivity index (χ0) is 10.6. The van der Waals surface area contributed by atoms with Crippen LogP contribution in [0.5, 0.6) is 0 Å². The van der Waals surface area contributed by atoms with Gasteiger partial charge in [-0.25, -0.2) is 0 Å². The lowest BCUT2D eigenvalue weighted by molar-refractivity contribution is 0.234. The number of hydrogen-bond acceptors (Lipinski definition) is 1. The third kappa shape index (κ3) is 2.58. The molecule has 0 saturated carbocycles. The van der Waals surface area contributed by atoms with Crippen molar-refractivity contribution in [1.29, 1.82) is 0 Å². The van der Waals surface area contributed by atoms with Crippen LogP contribution in [0.2, 0.25) is 0 Å². The molecule has 1 nitrogen and oxygen atoms in total. The molecule has 0 saturated heterocycles. The van der Waals surface area contributed by atoms with Crippen LogP contribution in [0.25, 0.3) is 0 Å². The molecule has 1 rings (SSSR count). The van der Waals surface area contributed by atoms with E-state index in [1.807, 2.05) is 0 Å². The molecule has 78 valence electrons. The van der Waals surface area contributed by atoms with E-state index in [0.717, 1.165) is 13.1 Å². The maximum absolute atomic E-state index is 2.46. The first kappa shape index (κ1) is 11.3. The average Bonchev–Trinajstić information content (AvgIpc) is 2.20. The molecule has 0 fully saturated rings. The second kappa shape index (κ2) is 5.16. The number of aryl methyl sites for hydroxylation is 1. The molecule has 1 aromatic rings. The van der Waals surface area contributed by atoms with Crippen LogP contribution in [0.4, 0.5) is 0 Å². The molecule has 0 radical (unpaired) electrons. The van der Waals surface area contributed by atoms with Crippen molar-refractivity contribution in [2.75, 3.05) is 13.1 Å². The van der Waals surface area contributed by atoms with Crippen LogP contribution in [-0.2, 0) is 0 Å². The van der Waals surface area contributed by atoms with Gasteiger partial charge >= 0.3 is 0 Å². The Kier molecular flexibility index (Phi) is 4.15. The van der Waals surface area contributed by atoms with Gasteiger partial charge in [-0.05, 0) is 32.5 Å². The summed E-state index contributed by atoms with van der Waals surface area (Å²) in [7, 11) is 0. The number of nitrogens with zero attached hydrogens (tertiary/aromatic N) is 1. The van der Waals surface area contributed by atoms with Crippen LogP contribution in [0.1, 0.15) is 37.9 Å². The second-order valence-electron chi connectivity index (χ2n) is 3.81. The van der Waals surface area contributed by atoms with Gasteiger partial charge in [0.2, 0.25) is 0 Å². The van der Waals surface area contributed by atoms with E-state index in [4.69, 9.17) is 0 Å². The largest absolute Gasteiger partial charge is 0.297 e. The first-order chi connectivity index (χ1) is 6.69. The predicted octanol–water partition coefficient (Wildman–Crippen LogP) is 3.40. The van der Waals surface area contributed by atoms with E-state index in [9.17, 15) is 0 Å². The molecule has 0 bridgehead atoms. The summed E-state index contributed by atoms with van der Waals surface area (Å²) in [4.78, 5) is 2.46. The predicted molar refractivity (Wildman–Crippen MR) is 62.5 cm³/mol. The summed E-state index contributed by atoms with van der Waals surface area (Å²) in [5.74, 6) is 0. The van der Waals surface area contributed by atoms with E-state index in [0.29, 0.717) is 6.04 Å². The molecule has 0 amide bonds. The zero-order valence-electron chi connectivity index (χ0n) is 9.75. The lowest BCUT2D eigenvalue weighted by atomic mass is 10.1. The molecule has 1 atom stereocenters. The van der Waals surface area contributed by atoms with Gasteiger partial charge in [-0.3, -0.25) is 4.90 Å². The Morgan fingerprint density at radius 1 is 1.07 bits per heavy atom. The fraction of sp³-hybridized carbons (Fsp3) is 0.538. The fourth-order valence-corrected chi connectivity index (χ4v) is 1.83. The number of rotatable bonds is 4. The molecule has 0 aliphatic rings. The van der Waals surface area contributed by atoms with E-state index in [1.165, 1.54) is 11.1 Å². The standard InChI is InChI=1S/C13H21N/c1-5-14(6-2)12(4)13-9-7-11(3)8-10-13/h7-10,12H,5-6H2,1-4H3/t12-/m0/s1. The Hall–Kier alpha value is -0.820. The van der Waals surface area contributed by atoms with Crippen molar-refractivity contribution in [3.63, 3.8) is 0 Å². The Morgan fingerprint density at radius 2 is 1.57 bits per heavy atom.